The normalized spacial score (nSPS) is 26.6. The zero-order valence-electron chi connectivity index (χ0n) is 27.9. The maximum absolute atomic E-state index is 10.9. The number of phenolic OH excluding ortho intramolecular Hbond substituents is 4. The number of aryl methyl sites for hydroxylation is 2. The first-order chi connectivity index (χ1) is 23.0. The molecule has 2 heterocycles. The molecule has 0 amide bonds. The topological polar surface area (TPSA) is 118 Å². The second-order valence-electron chi connectivity index (χ2n) is 13.5. The van der Waals surface area contributed by atoms with E-state index in [0.29, 0.717) is 17.9 Å². The van der Waals surface area contributed by atoms with E-state index in [2.05, 4.69) is 6.92 Å². The molecule has 1 fully saturated rings. The van der Waals surface area contributed by atoms with Crippen LogP contribution >= 0.6 is 0 Å². The van der Waals surface area contributed by atoms with E-state index in [-0.39, 0.29) is 52.6 Å². The predicted octanol–water partition coefficient (Wildman–Crippen LogP) is 8.57. The van der Waals surface area contributed by atoms with E-state index in [9.17, 15) is 20.4 Å². The van der Waals surface area contributed by atoms with Gasteiger partial charge in [0.25, 0.3) is 0 Å². The van der Waals surface area contributed by atoms with E-state index in [0.717, 1.165) is 46.2 Å². The van der Waals surface area contributed by atoms with Gasteiger partial charge in [-0.2, -0.15) is 0 Å². The molecular weight excluding hydrogens is 608 g/mol. The molecule has 4 N–H and O–H groups in total. The molecule has 1 spiro atoms. The number of hydrogen-bond donors (Lipinski definition) is 4. The van der Waals surface area contributed by atoms with Crippen molar-refractivity contribution in [3.05, 3.63) is 117 Å². The Hall–Kier alpha value is -4.66. The molecule has 250 valence electrons. The fraction of sp³-hybridized carbons (Fsp3) is 0.350. The van der Waals surface area contributed by atoms with Crippen LogP contribution in [0.4, 0.5) is 0 Å². The smallest absolute Gasteiger partial charge is 0.160 e. The lowest BCUT2D eigenvalue weighted by atomic mass is 9.59. The van der Waals surface area contributed by atoms with Crippen molar-refractivity contribution < 1.29 is 39.4 Å². The molecule has 0 saturated carbocycles. The first-order valence-electron chi connectivity index (χ1n) is 16.4. The van der Waals surface area contributed by atoms with Crippen LogP contribution in [-0.2, 0) is 9.47 Å². The van der Waals surface area contributed by atoms with Crippen LogP contribution in [0.2, 0.25) is 0 Å². The Morgan fingerprint density at radius 1 is 0.625 bits per heavy atom. The Morgan fingerprint density at radius 2 is 1.21 bits per heavy atom. The maximum Gasteiger partial charge on any atom is 0.160 e. The molecule has 1 aliphatic carbocycles. The molecule has 0 aromatic heterocycles. The second-order valence-corrected chi connectivity index (χ2v) is 13.5. The lowest BCUT2D eigenvalue weighted by Gasteiger charge is -2.42. The third-order valence-corrected chi connectivity index (χ3v) is 10.9. The van der Waals surface area contributed by atoms with Crippen LogP contribution in [0.1, 0.15) is 84.0 Å². The van der Waals surface area contributed by atoms with E-state index in [1.807, 2.05) is 56.3 Å². The molecule has 6 atom stereocenters. The summed E-state index contributed by atoms with van der Waals surface area (Å²) in [5.41, 5.74) is 7.31. The van der Waals surface area contributed by atoms with Crippen molar-refractivity contribution in [1.29, 1.82) is 0 Å². The van der Waals surface area contributed by atoms with Gasteiger partial charge in [-0.25, -0.2) is 0 Å². The van der Waals surface area contributed by atoms with E-state index in [4.69, 9.17) is 18.9 Å². The molecular formula is C40H42O8. The van der Waals surface area contributed by atoms with Crippen molar-refractivity contribution in [1.82, 2.24) is 0 Å². The zero-order valence-corrected chi connectivity index (χ0v) is 27.9. The largest absolute Gasteiger partial charge is 0.508 e. The van der Waals surface area contributed by atoms with Gasteiger partial charge >= 0.3 is 0 Å². The Morgan fingerprint density at radius 3 is 1.85 bits per heavy atom. The van der Waals surface area contributed by atoms with Crippen molar-refractivity contribution in [2.45, 2.75) is 64.4 Å². The molecule has 8 nitrogen and oxygen atoms in total. The molecule has 48 heavy (non-hydrogen) atoms. The Labute approximate surface area is 280 Å². The fourth-order valence-corrected chi connectivity index (χ4v) is 8.26. The maximum atomic E-state index is 10.9. The molecule has 2 aliphatic heterocycles. The van der Waals surface area contributed by atoms with E-state index in [1.54, 1.807) is 30.3 Å². The average Bonchev–Trinajstić information content (AvgIpc) is 3.59. The zero-order chi connectivity index (χ0) is 33.9. The highest BCUT2D eigenvalue weighted by atomic mass is 16.5. The van der Waals surface area contributed by atoms with Gasteiger partial charge in [-0.1, -0.05) is 31.2 Å². The third-order valence-electron chi connectivity index (χ3n) is 10.9. The van der Waals surface area contributed by atoms with Crippen molar-refractivity contribution in [2.24, 2.45) is 11.3 Å². The first-order valence-corrected chi connectivity index (χ1v) is 16.4. The second kappa shape index (κ2) is 12.1. The standard InChI is InChI=1S/C40H42O8/c1-21-16-24(6-10-30(21)41)36-23(3)40(39(48-36)27-9-13-34(45-4)33(44)18-27)15-14-28-29(20-40)38(26-8-12-32(43)35(19-26)46-5)47-37(28)25-7-11-31(42)22(2)17-25/h6-13,16-19,23,36-39,41-44H,14-15,20H2,1-5H3/t23-,36-,37-,38+,39-,40+/m0/s1. The minimum Gasteiger partial charge on any atom is -0.508 e. The summed E-state index contributed by atoms with van der Waals surface area (Å²) in [7, 11) is 3.07. The van der Waals surface area contributed by atoms with Crippen LogP contribution in [0, 0.1) is 25.2 Å². The minimum absolute atomic E-state index is 0.0507. The van der Waals surface area contributed by atoms with Crippen LogP contribution in [0.15, 0.2) is 83.9 Å². The van der Waals surface area contributed by atoms with Gasteiger partial charge in [0.1, 0.15) is 23.7 Å². The highest BCUT2D eigenvalue weighted by molar-refractivity contribution is 5.50. The highest BCUT2D eigenvalue weighted by Crippen LogP contribution is 2.67. The summed E-state index contributed by atoms with van der Waals surface area (Å²) in [5, 5.41) is 41.9. The summed E-state index contributed by atoms with van der Waals surface area (Å²) in [4.78, 5) is 0. The minimum atomic E-state index is -0.405. The van der Waals surface area contributed by atoms with E-state index in [1.165, 1.54) is 25.4 Å². The van der Waals surface area contributed by atoms with E-state index >= 15 is 0 Å². The molecule has 8 heteroatoms. The molecule has 0 unspecified atom stereocenters. The average molecular weight is 651 g/mol. The van der Waals surface area contributed by atoms with Crippen molar-refractivity contribution >= 4 is 0 Å². The first kappa shape index (κ1) is 31.9. The van der Waals surface area contributed by atoms with Gasteiger partial charge in [0.15, 0.2) is 23.0 Å². The highest BCUT2D eigenvalue weighted by Gasteiger charge is 2.58. The molecule has 4 aromatic rings. The third kappa shape index (κ3) is 5.15. The number of methoxy groups -OCH3 is 2. The molecule has 7 rings (SSSR count). The van der Waals surface area contributed by atoms with Gasteiger partial charge < -0.3 is 39.4 Å². The lowest BCUT2D eigenvalue weighted by molar-refractivity contribution is 0.00316. The van der Waals surface area contributed by atoms with Crippen LogP contribution in [0.25, 0.3) is 0 Å². The Balaban J connectivity index is 1.37. The van der Waals surface area contributed by atoms with Gasteiger partial charge in [-0.05, 0) is 132 Å². The van der Waals surface area contributed by atoms with Crippen LogP contribution in [-0.4, -0.2) is 34.6 Å². The van der Waals surface area contributed by atoms with Gasteiger partial charge in [0, 0.05) is 5.41 Å². The van der Waals surface area contributed by atoms with Crippen LogP contribution in [0.5, 0.6) is 34.5 Å². The van der Waals surface area contributed by atoms with Crippen molar-refractivity contribution in [2.75, 3.05) is 14.2 Å². The van der Waals surface area contributed by atoms with Crippen molar-refractivity contribution in [3.63, 3.8) is 0 Å². The van der Waals surface area contributed by atoms with Gasteiger partial charge in [-0.3, -0.25) is 0 Å². The SMILES string of the molecule is COc1ccc([C@@H]2O[C@H](c3ccc(O)c(C)c3)[C@H](C)[C@]23CCC2=C(C3)[C@@H](c3ccc(O)c(OC)c3)O[C@H]2c2ccc(O)c(C)c2)cc1O. The number of hydrogen-bond acceptors (Lipinski definition) is 8. The van der Waals surface area contributed by atoms with Gasteiger partial charge in [0.05, 0.1) is 26.4 Å². The fourth-order valence-electron chi connectivity index (χ4n) is 8.26. The molecule has 0 bridgehead atoms. The summed E-state index contributed by atoms with van der Waals surface area (Å²) in [6, 6.07) is 22.2. The molecule has 0 radical (unpaired) electrons. The molecule has 1 saturated heterocycles. The van der Waals surface area contributed by atoms with Crippen LogP contribution < -0.4 is 9.47 Å². The lowest BCUT2D eigenvalue weighted by Crippen LogP contribution is -2.34. The number of rotatable bonds is 6. The van der Waals surface area contributed by atoms with Crippen molar-refractivity contribution in [3.8, 4) is 34.5 Å². The summed E-state index contributed by atoms with van der Waals surface area (Å²) >= 11 is 0. The van der Waals surface area contributed by atoms with Gasteiger partial charge in [0.2, 0.25) is 0 Å². The molecule has 3 aliphatic rings. The number of phenols is 4. The predicted molar refractivity (Wildman–Crippen MR) is 181 cm³/mol. The summed E-state index contributed by atoms with van der Waals surface area (Å²) < 4.78 is 24.9. The van der Waals surface area contributed by atoms with E-state index < -0.39 is 6.10 Å². The quantitative estimate of drug-likeness (QED) is 0.153. The summed E-state index contributed by atoms with van der Waals surface area (Å²) in [5.74, 6) is 1.43. The van der Waals surface area contributed by atoms with Crippen LogP contribution in [0.3, 0.4) is 0 Å². The summed E-state index contributed by atoms with van der Waals surface area (Å²) in [6.45, 7) is 6.03. The Bertz CT molecular complexity index is 1910. The number of aromatic hydroxyl groups is 4. The number of ether oxygens (including phenoxy) is 4. The monoisotopic (exact) mass is 650 g/mol. The number of benzene rings is 4. The van der Waals surface area contributed by atoms with Gasteiger partial charge in [-0.15, -0.1) is 0 Å². The molecule has 4 aromatic carbocycles. The Kier molecular flexibility index (Phi) is 8.04. The summed E-state index contributed by atoms with van der Waals surface area (Å²) in [6.07, 6.45) is 0.930.